The first-order valence-electron chi connectivity index (χ1n) is 7.31. The highest BCUT2D eigenvalue weighted by atomic mass is 16.5. The second kappa shape index (κ2) is 6.83. The minimum Gasteiger partial charge on any atom is -0.373 e. The van der Waals surface area contributed by atoms with Crippen LogP contribution in [0.5, 0.6) is 0 Å². The van der Waals surface area contributed by atoms with E-state index in [0.29, 0.717) is 25.7 Å². The Labute approximate surface area is 119 Å². The van der Waals surface area contributed by atoms with E-state index in [9.17, 15) is 4.79 Å². The highest BCUT2D eigenvalue weighted by Crippen LogP contribution is 2.11. The molecule has 20 heavy (non-hydrogen) atoms. The fraction of sp³-hybridized carbons (Fsp3) is 0.786. The Morgan fingerprint density at radius 1 is 1.55 bits per heavy atom. The number of aromatic nitrogens is 3. The van der Waals surface area contributed by atoms with Crippen LogP contribution in [0.1, 0.15) is 39.3 Å². The summed E-state index contributed by atoms with van der Waals surface area (Å²) >= 11 is 0. The topological polar surface area (TPSA) is 69.0 Å². The SMILES string of the molecule is CC(C)C[C@H]1COCc2cn(nn2)CC[C@H](C)C(=O)N1. The molecule has 0 aliphatic carbocycles. The lowest BCUT2D eigenvalue weighted by molar-refractivity contribution is -0.126. The predicted octanol–water partition coefficient (Wildman–Crippen LogP) is 1.37. The van der Waals surface area contributed by atoms with Crippen LogP contribution in [0.15, 0.2) is 6.20 Å². The first-order chi connectivity index (χ1) is 9.54. The second-order valence-corrected chi connectivity index (χ2v) is 6.01. The summed E-state index contributed by atoms with van der Waals surface area (Å²) in [6.07, 6.45) is 3.58. The molecule has 2 heterocycles. The van der Waals surface area contributed by atoms with Gasteiger partial charge < -0.3 is 10.1 Å². The van der Waals surface area contributed by atoms with Gasteiger partial charge in [0.05, 0.1) is 25.5 Å². The highest BCUT2D eigenvalue weighted by molar-refractivity contribution is 5.78. The number of aryl methyl sites for hydroxylation is 1. The van der Waals surface area contributed by atoms with Gasteiger partial charge in [-0.25, -0.2) is 0 Å². The molecule has 6 nitrogen and oxygen atoms in total. The molecule has 0 saturated carbocycles. The van der Waals surface area contributed by atoms with E-state index in [-0.39, 0.29) is 17.9 Å². The number of amides is 1. The zero-order valence-corrected chi connectivity index (χ0v) is 12.5. The molecule has 0 aromatic carbocycles. The van der Waals surface area contributed by atoms with Crippen molar-refractivity contribution in [3.8, 4) is 0 Å². The molecule has 0 unspecified atom stereocenters. The van der Waals surface area contributed by atoms with E-state index < -0.39 is 0 Å². The van der Waals surface area contributed by atoms with Gasteiger partial charge in [-0.05, 0) is 18.8 Å². The molecule has 1 aromatic rings. The van der Waals surface area contributed by atoms with Gasteiger partial charge in [0.15, 0.2) is 0 Å². The van der Waals surface area contributed by atoms with Crippen molar-refractivity contribution in [2.24, 2.45) is 11.8 Å². The van der Waals surface area contributed by atoms with Crippen LogP contribution in [-0.4, -0.2) is 33.5 Å². The maximum absolute atomic E-state index is 12.2. The van der Waals surface area contributed by atoms with Crippen LogP contribution in [0.4, 0.5) is 0 Å². The normalized spacial score (nSPS) is 24.9. The molecular weight excluding hydrogens is 256 g/mol. The quantitative estimate of drug-likeness (QED) is 0.888. The predicted molar refractivity (Wildman–Crippen MR) is 74.8 cm³/mol. The van der Waals surface area contributed by atoms with Crippen molar-refractivity contribution in [1.29, 1.82) is 0 Å². The van der Waals surface area contributed by atoms with Crippen LogP contribution in [0.25, 0.3) is 0 Å². The number of carbonyl (C=O) groups excluding carboxylic acids is 1. The molecule has 0 spiro atoms. The summed E-state index contributed by atoms with van der Waals surface area (Å²) in [7, 11) is 0. The Morgan fingerprint density at radius 3 is 3.10 bits per heavy atom. The van der Waals surface area contributed by atoms with Crippen LogP contribution in [0, 0.1) is 11.8 Å². The summed E-state index contributed by atoms with van der Waals surface area (Å²) in [5.41, 5.74) is 0.841. The fourth-order valence-electron chi connectivity index (χ4n) is 2.36. The minimum atomic E-state index is -0.0308. The number of nitrogens with one attached hydrogen (secondary N) is 1. The fourth-order valence-corrected chi connectivity index (χ4v) is 2.36. The average molecular weight is 280 g/mol. The van der Waals surface area contributed by atoms with Gasteiger partial charge in [-0.2, -0.15) is 0 Å². The molecule has 1 aliphatic rings. The van der Waals surface area contributed by atoms with Crippen molar-refractivity contribution in [3.05, 3.63) is 11.9 Å². The summed E-state index contributed by atoms with van der Waals surface area (Å²) < 4.78 is 7.44. The lowest BCUT2D eigenvalue weighted by Gasteiger charge is -2.23. The van der Waals surface area contributed by atoms with Crippen LogP contribution >= 0.6 is 0 Å². The molecule has 0 fully saturated rings. The van der Waals surface area contributed by atoms with Gasteiger partial charge in [0, 0.05) is 12.5 Å². The molecular formula is C14H24N4O2. The first kappa shape index (κ1) is 15.0. The Hall–Kier alpha value is -1.43. The lowest BCUT2D eigenvalue weighted by atomic mass is 10.0. The van der Waals surface area contributed by atoms with E-state index in [1.54, 1.807) is 4.68 Å². The third-order valence-electron chi connectivity index (χ3n) is 3.50. The molecule has 2 rings (SSSR count). The van der Waals surface area contributed by atoms with Crippen molar-refractivity contribution in [2.75, 3.05) is 6.61 Å². The second-order valence-electron chi connectivity index (χ2n) is 6.01. The number of ether oxygens (including phenoxy) is 1. The number of nitrogens with zero attached hydrogens (tertiary/aromatic N) is 3. The number of fused-ring (bicyclic) bond motifs is 2. The monoisotopic (exact) mass is 280 g/mol. The van der Waals surface area contributed by atoms with E-state index in [4.69, 9.17) is 4.74 Å². The molecule has 2 bridgehead atoms. The third kappa shape index (κ3) is 4.30. The van der Waals surface area contributed by atoms with Crippen LogP contribution in [-0.2, 0) is 22.7 Å². The Kier molecular flexibility index (Phi) is 5.11. The van der Waals surface area contributed by atoms with E-state index >= 15 is 0 Å². The van der Waals surface area contributed by atoms with Gasteiger partial charge in [-0.15, -0.1) is 5.10 Å². The van der Waals surface area contributed by atoms with Crippen LogP contribution in [0.2, 0.25) is 0 Å². The van der Waals surface area contributed by atoms with Crippen LogP contribution < -0.4 is 5.32 Å². The third-order valence-corrected chi connectivity index (χ3v) is 3.50. The highest BCUT2D eigenvalue weighted by Gasteiger charge is 2.20. The molecule has 1 N–H and O–H groups in total. The molecule has 6 heteroatoms. The molecule has 0 saturated heterocycles. The van der Waals surface area contributed by atoms with Gasteiger partial charge >= 0.3 is 0 Å². The van der Waals surface area contributed by atoms with Gasteiger partial charge in [0.2, 0.25) is 5.91 Å². The van der Waals surface area contributed by atoms with Gasteiger partial charge in [-0.1, -0.05) is 26.0 Å². The maximum Gasteiger partial charge on any atom is 0.223 e. The Bertz CT molecular complexity index is 444. The standard InChI is InChI=1S/C14H24N4O2/c1-10(2)6-12-8-20-9-13-7-18(17-16-13)5-4-11(3)14(19)15-12/h7,10-12H,4-6,8-9H2,1-3H3,(H,15,19)/t11-,12-/m0/s1. The lowest BCUT2D eigenvalue weighted by Crippen LogP contribution is -2.42. The van der Waals surface area contributed by atoms with Gasteiger partial charge in [-0.3, -0.25) is 9.48 Å². The summed E-state index contributed by atoms with van der Waals surface area (Å²) in [6.45, 7) is 7.92. The Morgan fingerprint density at radius 2 is 2.35 bits per heavy atom. The molecule has 1 aromatic heterocycles. The molecule has 0 radical (unpaired) electrons. The molecule has 2 atom stereocenters. The minimum absolute atomic E-state index is 0.0308. The molecule has 1 amide bonds. The van der Waals surface area contributed by atoms with Crippen molar-refractivity contribution in [3.63, 3.8) is 0 Å². The van der Waals surface area contributed by atoms with E-state index in [2.05, 4.69) is 29.5 Å². The first-order valence-corrected chi connectivity index (χ1v) is 7.31. The van der Waals surface area contributed by atoms with E-state index in [1.165, 1.54) is 0 Å². The summed E-state index contributed by atoms with van der Waals surface area (Å²) in [6, 6.07) is 0.0689. The van der Waals surface area contributed by atoms with Crippen molar-refractivity contribution < 1.29 is 9.53 Å². The van der Waals surface area contributed by atoms with E-state index in [0.717, 1.165) is 18.5 Å². The maximum atomic E-state index is 12.2. The molecule has 112 valence electrons. The zero-order chi connectivity index (χ0) is 14.5. The zero-order valence-electron chi connectivity index (χ0n) is 12.5. The largest absolute Gasteiger partial charge is 0.373 e. The van der Waals surface area contributed by atoms with Crippen molar-refractivity contribution in [2.45, 2.75) is 52.8 Å². The molecule has 1 aliphatic heterocycles. The summed E-state index contributed by atoms with van der Waals surface area (Å²) in [5.74, 6) is 0.588. The smallest absolute Gasteiger partial charge is 0.223 e. The number of hydrogen-bond donors (Lipinski definition) is 1. The summed E-state index contributed by atoms with van der Waals surface area (Å²) in [4.78, 5) is 12.2. The van der Waals surface area contributed by atoms with Crippen molar-refractivity contribution >= 4 is 5.91 Å². The van der Waals surface area contributed by atoms with Gasteiger partial charge in [0.25, 0.3) is 0 Å². The van der Waals surface area contributed by atoms with E-state index in [1.807, 2.05) is 13.1 Å². The number of carbonyl (C=O) groups is 1. The van der Waals surface area contributed by atoms with Crippen molar-refractivity contribution in [1.82, 2.24) is 20.3 Å². The number of hydrogen-bond acceptors (Lipinski definition) is 4. The average Bonchev–Trinajstić information content (AvgIpc) is 2.82. The van der Waals surface area contributed by atoms with Crippen LogP contribution in [0.3, 0.4) is 0 Å². The van der Waals surface area contributed by atoms with Gasteiger partial charge in [0.1, 0.15) is 5.69 Å². The summed E-state index contributed by atoms with van der Waals surface area (Å²) in [5, 5.41) is 11.2. The Balaban J connectivity index is 2.06. The number of rotatable bonds is 2.